The molecule has 0 aliphatic carbocycles. The highest BCUT2D eigenvalue weighted by Gasteiger charge is 2.44. The van der Waals surface area contributed by atoms with Crippen LogP contribution >= 0.6 is 23.2 Å². The standard InChI is InChI=1S/C39H44Cl2F3N5O12S2/c1-8-63(56,57)31-12-10-24(40)15-23(31)19-48-34(50)27-17-30(60-39(42,43)44)28(32(41)33(27)45-35(48)51)21-46-20-25(49(36(46)52)37(53)61-38(2,3)4)13-14-47(62(7,54)55)18-22-9-11-26(58-5)16-29(22)59-6/h9-12,15-17,25H,8,13-14,18-21H2,1-7H3,(H,45,51). The molecular formula is C39H44Cl2F3N5O12S2. The number of alkyl halides is 3. The Morgan fingerprint density at radius 1 is 0.937 bits per heavy atom. The lowest BCUT2D eigenvalue weighted by molar-refractivity contribution is -0.274. The molecule has 1 unspecified atom stereocenters. The number of imide groups is 1. The molecule has 5 rings (SSSR count). The van der Waals surface area contributed by atoms with E-state index in [1.165, 1.54) is 60.1 Å². The maximum absolute atomic E-state index is 14.1. The molecule has 1 fully saturated rings. The van der Waals surface area contributed by atoms with Crippen molar-refractivity contribution in [1.29, 1.82) is 0 Å². The molecule has 1 atom stereocenters. The van der Waals surface area contributed by atoms with Gasteiger partial charge in [0.05, 0.1) is 66.2 Å². The van der Waals surface area contributed by atoms with Crippen molar-refractivity contribution in [2.75, 3.05) is 39.3 Å². The summed E-state index contributed by atoms with van der Waals surface area (Å²) in [6.45, 7) is 3.74. The molecule has 3 aromatic carbocycles. The van der Waals surface area contributed by atoms with Gasteiger partial charge in [0.25, 0.3) is 5.56 Å². The summed E-state index contributed by atoms with van der Waals surface area (Å²) in [6.07, 6.45) is -5.71. The summed E-state index contributed by atoms with van der Waals surface area (Å²) in [6, 6.07) is 7.01. The van der Waals surface area contributed by atoms with E-state index in [0.717, 1.165) is 20.4 Å². The molecule has 3 amide bonds. The minimum absolute atomic E-state index is 0.0532. The molecule has 2 heterocycles. The minimum Gasteiger partial charge on any atom is -0.497 e. The quantitative estimate of drug-likeness (QED) is 0.143. The van der Waals surface area contributed by atoms with Crippen molar-refractivity contribution in [2.45, 2.75) is 76.7 Å². The molecule has 0 spiro atoms. The highest BCUT2D eigenvalue weighted by Crippen LogP contribution is 2.38. The van der Waals surface area contributed by atoms with E-state index in [9.17, 15) is 49.2 Å². The summed E-state index contributed by atoms with van der Waals surface area (Å²) in [5.74, 6) is -0.602. The van der Waals surface area contributed by atoms with Crippen LogP contribution < -0.4 is 25.5 Å². The zero-order valence-electron chi connectivity index (χ0n) is 35.0. The highest BCUT2D eigenvalue weighted by atomic mass is 35.5. The normalized spacial score (nSPS) is 15.1. The van der Waals surface area contributed by atoms with Crippen molar-refractivity contribution < 1.29 is 58.5 Å². The number of aromatic amines is 1. The molecule has 0 radical (unpaired) electrons. The van der Waals surface area contributed by atoms with Gasteiger partial charge in [0, 0.05) is 41.9 Å². The molecule has 344 valence electrons. The number of sulfonamides is 1. The van der Waals surface area contributed by atoms with Gasteiger partial charge >= 0.3 is 24.2 Å². The first-order valence-corrected chi connectivity index (χ1v) is 23.2. The number of sulfone groups is 1. The average molecular weight is 967 g/mol. The molecule has 1 aliphatic rings. The van der Waals surface area contributed by atoms with E-state index >= 15 is 0 Å². The van der Waals surface area contributed by atoms with E-state index in [1.807, 2.05) is 0 Å². The maximum Gasteiger partial charge on any atom is 0.573 e. The van der Waals surface area contributed by atoms with E-state index in [2.05, 4.69) is 9.72 Å². The lowest BCUT2D eigenvalue weighted by Gasteiger charge is -2.28. The van der Waals surface area contributed by atoms with E-state index in [4.69, 9.17) is 37.4 Å². The summed E-state index contributed by atoms with van der Waals surface area (Å²) in [7, 11) is -5.01. The Labute approximate surface area is 370 Å². The van der Waals surface area contributed by atoms with Gasteiger partial charge in [-0.25, -0.2) is 36.1 Å². The highest BCUT2D eigenvalue weighted by molar-refractivity contribution is 7.91. The van der Waals surface area contributed by atoms with E-state index in [-0.39, 0.29) is 47.3 Å². The summed E-state index contributed by atoms with van der Waals surface area (Å²) in [5.41, 5.74) is -3.98. The number of nitrogens with one attached hydrogen (secondary N) is 1. The van der Waals surface area contributed by atoms with Crippen molar-refractivity contribution in [3.8, 4) is 17.2 Å². The Bertz CT molecular complexity index is 2780. The van der Waals surface area contributed by atoms with Gasteiger partial charge in [0.1, 0.15) is 22.8 Å². The van der Waals surface area contributed by atoms with Gasteiger partial charge in [-0.2, -0.15) is 4.31 Å². The largest absolute Gasteiger partial charge is 0.573 e. The number of halogens is 5. The number of methoxy groups -OCH3 is 2. The van der Waals surface area contributed by atoms with Crippen LogP contribution in [0.25, 0.3) is 10.9 Å². The summed E-state index contributed by atoms with van der Waals surface area (Å²) >= 11 is 12.8. The van der Waals surface area contributed by atoms with Crippen molar-refractivity contribution in [3.05, 3.63) is 90.0 Å². The Morgan fingerprint density at radius 3 is 2.21 bits per heavy atom. The average Bonchev–Trinajstić information content (AvgIpc) is 3.49. The van der Waals surface area contributed by atoms with Gasteiger partial charge in [0.2, 0.25) is 10.0 Å². The number of hydrogen-bond donors (Lipinski definition) is 1. The third-order valence-electron chi connectivity index (χ3n) is 9.80. The van der Waals surface area contributed by atoms with E-state index in [1.54, 1.807) is 18.2 Å². The van der Waals surface area contributed by atoms with Gasteiger partial charge < -0.3 is 28.8 Å². The molecule has 1 aromatic heterocycles. The fourth-order valence-electron chi connectivity index (χ4n) is 6.81. The van der Waals surface area contributed by atoms with Crippen LogP contribution in [-0.2, 0) is 44.2 Å². The summed E-state index contributed by atoms with van der Waals surface area (Å²) in [4.78, 5) is 58.8. The number of ether oxygens (including phenoxy) is 4. The summed E-state index contributed by atoms with van der Waals surface area (Å²) in [5, 5.41) is -1.12. The van der Waals surface area contributed by atoms with Crippen LogP contribution in [0.4, 0.5) is 22.8 Å². The number of carbonyl (C=O) groups excluding carboxylic acids is 2. The zero-order valence-corrected chi connectivity index (χ0v) is 38.1. The van der Waals surface area contributed by atoms with Gasteiger partial charge in [-0.05, 0) is 63.1 Å². The number of carbonyl (C=O) groups is 2. The van der Waals surface area contributed by atoms with E-state index < -0.39 is 102 Å². The number of fused-ring (bicyclic) bond motifs is 1. The Kier molecular flexibility index (Phi) is 14.5. The number of hydrogen-bond acceptors (Lipinski definition) is 12. The molecular weight excluding hydrogens is 922 g/mol. The molecule has 1 aliphatic heterocycles. The van der Waals surface area contributed by atoms with Crippen LogP contribution in [0.3, 0.4) is 0 Å². The monoisotopic (exact) mass is 965 g/mol. The maximum atomic E-state index is 14.1. The Morgan fingerprint density at radius 2 is 1.62 bits per heavy atom. The molecule has 4 aromatic rings. The van der Waals surface area contributed by atoms with Gasteiger partial charge in [-0.1, -0.05) is 36.2 Å². The molecule has 1 N–H and O–H groups in total. The number of urea groups is 1. The summed E-state index contributed by atoms with van der Waals surface area (Å²) < 4.78 is 116. The number of benzene rings is 3. The SMILES string of the molecule is CCS(=O)(=O)c1ccc(Cl)cc1Cn1c(=O)[nH]c2c(Cl)c(CN3CC(CCN(Cc4ccc(OC)cc4OC)S(C)(=O)=O)N(C(=O)OC(C)(C)C)C3=O)c(OC(F)(F)F)cc2c1=O. The van der Waals surface area contributed by atoms with Crippen LogP contribution in [0.2, 0.25) is 10.0 Å². The Balaban J connectivity index is 1.55. The van der Waals surface area contributed by atoms with Gasteiger partial charge in [0.15, 0.2) is 9.84 Å². The van der Waals surface area contributed by atoms with Crippen molar-refractivity contribution >= 4 is 66.1 Å². The second kappa shape index (κ2) is 18.6. The number of H-pyrrole nitrogens is 1. The van der Waals surface area contributed by atoms with Crippen molar-refractivity contribution in [2.24, 2.45) is 0 Å². The number of rotatable bonds is 15. The first kappa shape index (κ1) is 49.0. The first-order chi connectivity index (χ1) is 29.2. The van der Waals surface area contributed by atoms with Gasteiger partial charge in [-0.15, -0.1) is 13.2 Å². The molecule has 1 saturated heterocycles. The van der Waals surface area contributed by atoms with Crippen LogP contribution in [0.5, 0.6) is 17.2 Å². The molecule has 63 heavy (non-hydrogen) atoms. The molecule has 24 heteroatoms. The predicted molar refractivity (Wildman–Crippen MR) is 226 cm³/mol. The molecule has 0 bridgehead atoms. The molecule has 0 saturated carbocycles. The third kappa shape index (κ3) is 11.4. The van der Waals surface area contributed by atoms with Crippen molar-refractivity contribution in [3.63, 3.8) is 0 Å². The minimum atomic E-state index is -5.38. The smallest absolute Gasteiger partial charge is 0.497 e. The number of amides is 3. The van der Waals surface area contributed by atoms with Crippen LogP contribution in [0.1, 0.15) is 50.8 Å². The van der Waals surface area contributed by atoms with Crippen molar-refractivity contribution in [1.82, 2.24) is 23.7 Å². The Hall–Kier alpha value is -5.03. The van der Waals surface area contributed by atoms with Crippen LogP contribution in [-0.4, -0.2) is 110 Å². The van der Waals surface area contributed by atoms with E-state index in [0.29, 0.717) is 27.7 Å². The topological polar surface area (TPSA) is 204 Å². The fraction of sp³-hybridized carbons (Fsp3) is 0.436. The first-order valence-electron chi connectivity index (χ1n) is 18.9. The second-order valence-electron chi connectivity index (χ2n) is 15.3. The lowest BCUT2D eigenvalue weighted by Crippen LogP contribution is -2.44. The van der Waals surface area contributed by atoms with Crippen LogP contribution in [0.15, 0.2) is 56.9 Å². The predicted octanol–water partition coefficient (Wildman–Crippen LogP) is 6.15. The second-order valence-corrected chi connectivity index (χ2v) is 20.4. The third-order valence-corrected chi connectivity index (χ3v) is 13.5. The fourth-order valence-corrected chi connectivity index (χ4v) is 9.23. The number of nitrogens with zero attached hydrogens (tertiary/aromatic N) is 4. The lowest BCUT2D eigenvalue weighted by atomic mass is 10.1. The zero-order chi connectivity index (χ0) is 47.0. The van der Waals surface area contributed by atoms with Crippen LogP contribution in [0, 0.1) is 0 Å². The molecule has 17 nitrogen and oxygen atoms in total. The van der Waals surface area contributed by atoms with Gasteiger partial charge in [-0.3, -0.25) is 9.36 Å². The number of aromatic nitrogens is 2.